The number of aryl methyl sites for hydroxylation is 3. The van der Waals surface area contributed by atoms with Crippen LogP contribution in [0.2, 0.25) is 0 Å². The van der Waals surface area contributed by atoms with Gasteiger partial charge >= 0.3 is 0 Å². The van der Waals surface area contributed by atoms with Gasteiger partial charge in [0.2, 0.25) is 5.91 Å². The maximum atomic E-state index is 12.3. The Hall–Kier alpha value is -2.14. The number of amides is 2. The second kappa shape index (κ2) is 7.62. The highest BCUT2D eigenvalue weighted by Crippen LogP contribution is 2.17. The molecule has 0 spiro atoms. The van der Waals surface area contributed by atoms with Gasteiger partial charge in [-0.2, -0.15) is 0 Å². The van der Waals surface area contributed by atoms with Crippen molar-refractivity contribution in [2.45, 2.75) is 33.8 Å². The van der Waals surface area contributed by atoms with Crippen molar-refractivity contribution in [3.63, 3.8) is 0 Å². The van der Waals surface area contributed by atoms with Gasteiger partial charge < -0.3 is 14.9 Å². The second-order valence-electron chi connectivity index (χ2n) is 6.45. The van der Waals surface area contributed by atoms with Crippen LogP contribution in [0.1, 0.15) is 29.2 Å². The van der Waals surface area contributed by atoms with Crippen molar-refractivity contribution in [3.8, 4) is 0 Å². The third-order valence-corrected chi connectivity index (χ3v) is 4.55. The lowest BCUT2D eigenvalue weighted by Crippen LogP contribution is -2.52. The van der Waals surface area contributed by atoms with E-state index in [2.05, 4.69) is 26.0 Å². The Morgan fingerprint density at radius 3 is 2.12 bits per heavy atom. The van der Waals surface area contributed by atoms with E-state index in [4.69, 9.17) is 0 Å². The van der Waals surface area contributed by atoms with Crippen LogP contribution in [-0.4, -0.2) is 59.0 Å². The molecule has 2 amide bonds. The van der Waals surface area contributed by atoms with E-state index < -0.39 is 6.10 Å². The lowest BCUT2D eigenvalue weighted by atomic mass is 10.0. The minimum absolute atomic E-state index is 0.0447. The standard InChI is InChI=1S/C19H26N2O3/c1-13-11-15(3)17(12-14(13)2)5-6-18(23)20-7-9-21(10-8-20)19(24)16(4)22/h5-6,11-12,16,22H,7-10H2,1-4H3/b6-5+. The van der Waals surface area contributed by atoms with Crippen molar-refractivity contribution in [1.82, 2.24) is 9.80 Å². The molecule has 2 rings (SSSR count). The topological polar surface area (TPSA) is 60.9 Å². The van der Waals surface area contributed by atoms with Gasteiger partial charge in [0, 0.05) is 32.3 Å². The summed E-state index contributed by atoms with van der Waals surface area (Å²) in [6.07, 6.45) is 2.47. The third-order valence-electron chi connectivity index (χ3n) is 4.55. The van der Waals surface area contributed by atoms with Crippen LogP contribution in [0.5, 0.6) is 0 Å². The number of hydrogen-bond acceptors (Lipinski definition) is 3. The van der Waals surface area contributed by atoms with E-state index in [-0.39, 0.29) is 11.8 Å². The first-order valence-corrected chi connectivity index (χ1v) is 8.31. The zero-order chi connectivity index (χ0) is 17.9. The van der Waals surface area contributed by atoms with Crippen molar-refractivity contribution in [2.24, 2.45) is 0 Å². The van der Waals surface area contributed by atoms with Gasteiger partial charge in [-0.1, -0.05) is 12.1 Å². The van der Waals surface area contributed by atoms with E-state index in [0.717, 1.165) is 11.1 Å². The SMILES string of the molecule is Cc1cc(C)c(/C=C/C(=O)N2CCN(C(=O)C(C)O)CC2)cc1C. The molecular formula is C19H26N2O3. The van der Waals surface area contributed by atoms with Gasteiger partial charge in [-0.3, -0.25) is 9.59 Å². The van der Waals surface area contributed by atoms with E-state index in [1.165, 1.54) is 18.1 Å². The summed E-state index contributed by atoms with van der Waals surface area (Å²) in [4.78, 5) is 27.4. The first-order valence-electron chi connectivity index (χ1n) is 8.31. The maximum Gasteiger partial charge on any atom is 0.251 e. The van der Waals surface area contributed by atoms with Gasteiger partial charge in [0.15, 0.2) is 0 Å². The summed E-state index contributed by atoms with van der Waals surface area (Å²) < 4.78 is 0. The number of carbonyl (C=O) groups is 2. The molecule has 0 saturated carbocycles. The van der Waals surface area contributed by atoms with Gasteiger partial charge in [-0.25, -0.2) is 0 Å². The lowest BCUT2D eigenvalue weighted by molar-refractivity contribution is -0.143. The predicted molar refractivity (Wildman–Crippen MR) is 94.5 cm³/mol. The van der Waals surface area contributed by atoms with Gasteiger partial charge in [-0.05, 0) is 56.0 Å². The third kappa shape index (κ3) is 4.23. The first-order chi connectivity index (χ1) is 11.3. The van der Waals surface area contributed by atoms with Crippen molar-refractivity contribution in [3.05, 3.63) is 40.5 Å². The minimum atomic E-state index is -0.986. The van der Waals surface area contributed by atoms with Gasteiger partial charge in [0.05, 0.1) is 0 Å². The van der Waals surface area contributed by atoms with E-state index in [1.807, 2.05) is 13.0 Å². The summed E-state index contributed by atoms with van der Waals surface area (Å²) >= 11 is 0. The quantitative estimate of drug-likeness (QED) is 0.858. The van der Waals surface area contributed by atoms with E-state index in [0.29, 0.717) is 26.2 Å². The van der Waals surface area contributed by atoms with Crippen LogP contribution >= 0.6 is 0 Å². The van der Waals surface area contributed by atoms with E-state index >= 15 is 0 Å². The van der Waals surface area contributed by atoms with Crippen molar-refractivity contribution in [2.75, 3.05) is 26.2 Å². The molecule has 24 heavy (non-hydrogen) atoms. The van der Waals surface area contributed by atoms with Crippen LogP contribution in [0.4, 0.5) is 0 Å². The Labute approximate surface area is 143 Å². The molecule has 1 aliphatic rings. The van der Waals surface area contributed by atoms with E-state index in [9.17, 15) is 14.7 Å². The molecule has 0 bridgehead atoms. The molecule has 1 N–H and O–H groups in total. The van der Waals surface area contributed by atoms with Gasteiger partial charge in [0.25, 0.3) is 5.91 Å². The minimum Gasteiger partial charge on any atom is -0.384 e. The van der Waals surface area contributed by atoms with Crippen LogP contribution < -0.4 is 0 Å². The molecule has 0 aliphatic carbocycles. The number of benzene rings is 1. The van der Waals surface area contributed by atoms with Crippen LogP contribution in [-0.2, 0) is 9.59 Å². The zero-order valence-electron chi connectivity index (χ0n) is 14.9. The van der Waals surface area contributed by atoms with Crippen LogP contribution in [0.25, 0.3) is 6.08 Å². The van der Waals surface area contributed by atoms with Crippen LogP contribution in [0.15, 0.2) is 18.2 Å². The van der Waals surface area contributed by atoms with Crippen molar-refractivity contribution in [1.29, 1.82) is 0 Å². The number of aliphatic hydroxyl groups is 1. The molecule has 5 nitrogen and oxygen atoms in total. The number of hydrogen-bond donors (Lipinski definition) is 1. The average molecular weight is 330 g/mol. The molecule has 1 fully saturated rings. The van der Waals surface area contributed by atoms with Crippen LogP contribution in [0.3, 0.4) is 0 Å². The largest absolute Gasteiger partial charge is 0.384 e. The Bertz CT molecular complexity index is 657. The van der Waals surface area contributed by atoms with Gasteiger partial charge in [-0.15, -0.1) is 0 Å². The molecule has 1 aromatic rings. The summed E-state index contributed by atoms with van der Waals surface area (Å²) in [6, 6.07) is 4.22. The molecule has 0 aromatic heterocycles. The first kappa shape index (κ1) is 18.2. The second-order valence-corrected chi connectivity index (χ2v) is 6.45. The fourth-order valence-corrected chi connectivity index (χ4v) is 2.84. The average Bonchev–Trinajstić information content (AvgIpc) is 2.56. The fourth-order valence-electron chi connectivity index (χ4n) is 2.84. The molecule has 1 saturated heterocycles. The Kier molecular flexibility index (Phi) is 5.78. The molecule has 1 aliphatic heterocycles. The highest BCUT2D eigenvalue weighted by molar-refractivity contribution is 5.92. The summed E-state index contributed by atoms with van der Waals surface area (Å²) in [5.41, 5.74) is 4.65. The summed E-state index contributed by atoms with van der Waals surface area (Å²) in [5.74, 6) is -0.319. The maximum absolute atomic E-state index is 12.3. The zero-order valence-corrected chi connectivity index (χ0v) is 14.9. The monoisotopic (exact) mass is 330 g/mol. The molecule has 130 valence electrons. The molecule has 1 unspecified atom stereocenters. The highest BCUT2D eigenvalue weighted by atomic mass is 16.3. The Balaban J connectivity index is 1.97. The number of carbonyl (C=O) groups excluding carboxylic acids is 2. The normalized spacial score (nSPS) is 16.5. The summed E-state index contributed by atoms with van der Waals surface area (Å²) in [5, 5.41) is 9.34. The molecule has 0 radical (unpaired) electrons. The van der Waals surface area contributed by atoms with Crippen molar-refractivity contribution >= 4 is 17.9 Å². The lowest BCUT2D eigenvalue weighted by Gasteiger charge is -2.34. The van der Waals surface area contributed by atoms with E-state index in [1.54, 1.807) is 15.9 Å². The molecule has 1 aromatic carbocycles. The predicted octanol–water partition coefficient (Wildman–Crippen LogP) is 1.68. The smallest absolute Gasteiger partial charge is 0.251 e. The number of nitrogens with zero attached hydrogens (tertiary/aromatic N) is 2. The molecule has 1 atom stereocenters. The van der Waals surface area contributed by atoms with Crippen LogP contribution in [0, 0.1) is 20.8 Å². The number of rotatable bonds is 3. The molecule has 1 heterocycles. The fraction of sp³-hybridized carbons (Fsp3) is 0.474. The Morgan fingerprint density at radius 2 is 1.54 bits per heavy atom. The Morgan fingerprint density at radius 1 is 1.00 bits per heavy atom. The molecule has 5 heteroatoms. The summed E-state index contributed by atoms with van der Waals surface area (Å²) in [7, 11) is 0. The summed E-state index contributed by atoms with van der Waals surface area (Å²) in [6.45, 7) is 9.56. The highest BCUT2D eigenvalue weighted by Gasteiger charge is 2.25. The number of aliphatic hydroxyl groups excluding tert-OH is 1. The number of piperazine rings is 1. The van der Waals surface area contributed by atoms with Crippen molar-refractivity contribution < 1.29 is 14.7 Å². The van der Waals surface area contributed by atoms with Gasteiger partial charge in [0.1, 0.15) is 6.10 Å². The molecular weight excluding hydrogens is 304 g/mol.